The van der Waals surface area contributed by atoms with Crippen LogP contribution in [0.25, 0.3) is 0 Å². The van der Waals surface area contributed by atoms with Gasteiger partial charge in [-0.05, 0) is 33.0 Å². The molecule has 0 saturated carbocycles. The molecule has 15 heavy (non-hydrogen) atoms. The van der Waals surface area contributed by atoms with Gasteiger partial charge in [0.15, 0.2) is 0 Å². The van der Waals surface area contributed by atoms with Crippen molar-refractivity contribution < 1.29 is 4.74 Å². The normalized spacial score (nSPS) is 18.6. The summed E-state index contributed by atoms with van der Waals surface area (Å²) in [7, 11) is 1.65. The van der Waals surface area contributed by atoms with Crippen LogP contribution in [0.1, 0.15) is 26.7 Å². The van der Waals surface area contributed by atoms with E-state index in [1.165, 1.54) is 0 Å². The number of nitrogens with one attached hydrogen (secondary N) is 2. The van der Waals surface area contributed by atoms with Crippen molar-refractivity contribution in [2.45, 2.75) is 32.8 Å². The molecule has 0 aromatic carbocycles. The number of hydrogen-bond donors (Lipinski definition) is 4. The second-order valence-corrected chi connectivity index (χ2v) is 2.92. The molecule has 0 amide bonds. The molecule has 1 aliphatic rings. The van der Waals surface area contributed by atoms with Gasteiger partial charge in [0.25, 0.3) is 0 Å². The van der Waals surface area contributed by atoms with Gasteiger partial charge in [0.05, 0.1) is 6.10 Å². The van der Waals surface area contributed by atoms with Gasteiger partial charge in [-0.15, -0.1) is 0 Å². The second kappa shape index (κ2) is 16.2. The minimum Gasteiger partial charge on any atom is -0.377 e. The molecule has 1 fully saturated rings. The van der Waals surface area contributed by atoms with Crippen LogP contribution in [-0.2, 0) is 4.74 Å². The minimum atomic E-state index is 0.451. The molecule has 0 bridgehead atoms. The molecule has 1 rings (SSSR count). The van der Waals surface area contributed by atoms with E-state index in [0.717, 1.165) is 39.1 Å². The van der Waals surface area contributed by atoms with Crippen LogP contribution in [0, 0.1) is 0 Å². The Kier molecular flexibility index (Phi) is 18.6. The first-order valence-corrected chi connectivity index (χ1v) is 5.74. The first-order valence-electron chi connectivity index (χ1n) is 5.74. The molecule has 0 aliphatic carbocycles. The van der Waals surface area contributed by atoms with E-state index in [1.807, 2.05) is 13.8 Å². The van der Waals surface area contributed by atoms with Crippen LogP contribution < -0.4 is 22.3 Å². The molecule has 94 valence electrons. The Morgan fingerprint density at radius 1 is 1.47 bits per heavy atom. The Hall–Kier alpha value is -0.200. The quantitative estimate of drug-likeness (QED) is 0.300. The monoisotopic (exact) mass is 220 g/mol. The number of hydrogen-bond acceptors (Lipinski definition) is 5. The number of ether oxygens (including phenoxy) is 1. The molecule has 0 aromatic rings. The maximum Gasteiger partial charge on any atom is 0.0711 e. The van der Waals surface area contributed by atoms with Gasteiger partial charge in [-0.25, -0.2) is 0 Å². The van der Waals surface area contributed by atoms with Gasteiger partial charge in [-0.2, -0.15) is 0 Å². The highest BCUT2D eigenvalue weighted by atomic mass is 16.5. The van der Waals surface area contributed by atoms with E-state index >= 15 is 0 Å². The number of nitrogens with two attached hydrogens (primary N) is 2. The largest absolute Gasteiger partial charge is 0.377 e. The fourth-order valence-corrected chi connectivity index (χ4v) is 1.10. The molecule has 1 heterocycles. The van der Waals surface area contributed by atoms with E-state index in [1.54, 1.807) is 7.05 Å². The third-order valence-corrected chi connectivity index (χ3v) is 1.72. The SMILES string of the molecule is CC.CNN.NCCCOC1CCNC1. The van der Waals surface area contributed by atoms with Crippen LogP contribution in [0.4, 0.5) is 0 Å². The molecule has 0 aromatic heterocycles. The Morgan fingerprint density at radius 3 is 2.47 bits per heavy atom. The number of rotatable bonds is 4. The van der Waals surface area contributed by atoms with Crippen LogP contribution in [0.3, 0.4) is 0 Å². The molecule has 0 spiro atoms. The molecule has 5 heteroatoms. The van der Waals surface area contributed by atoms with E-state index in [-0.39, 0.29) is 0 Å². The van der Waals surface area contributed by atoms with Crippen molar-refractivity contribution in [3.63, 3.8) is 0 Å². The van der Waals surface area contributed by atoms with Crippen molar-refractivity contribution in [2.75, 3.05) is 33.3 Å². The van der Waals surface area contributed by atoms with Crippen molar-refractivity contribution in [1.29, 1.82) is 0 Å². The topological polar surface area (TPSA) is 85.3 Å². The third kappa shape index (κ3) is 13.8. The van der Waals surface area contributed by atoms with Crippen LogP contribution >= 0.6 is 0 Å². The van der Waals surface area contributed by atoms with Crippen LogP contribution in [0.2, 0.25) is 0 Å². The summed E-state index contributed by atoms with van der Waals surface area (Å²) >= 11 is 0. The van der Waals surface area contributed by atoms with Crippen LogP contribution in [0.15, 0.2) is 0 Å². The first-order chi connectivity index (χ1) is 7.35. The molecule has 5 nitrogen and oxygen atoms in total. The second-order valence-electron chi connectivity index (χ2n) is 2.92. The molecule has 0 radical (unpaired) electrons. The van der Waals surface area contributed by atoms with Gasteiger partial charge in [0, 0.05) is 13.2 Å². The zero-order chi connectivity index (χ0) is 11.9. The van der Waals surface area contributed by atoms with Gasteiger partial charge in [-0.1, -0.05) is 13.8 Å². The van der Waals surface area contributed by atoms with Crippen LogP contribution in [0.5, 0.6) is 0 Å². The van der Waals surface area contributed by atoms with Gasteiger partial charge >= 0.3 is 0 Å². The predicted molar refractivity (Wildman–Crippen MR) is 65.5 cm³/mol. The lowest BCUT2D eigenvalue weighted by Gasteiger charge is -2.08. The Labute approximate surface area is 93.9 Å². The van der Waals surface area contributed by atoms with Gasteiger partial charge in [-0.3, -0.25) is 11.3 Å². The summed E-state index contributed by atoms with van der Waals surface area (Å²) in [6, 6.07) is 0. The highest BCUT2D eigenvalue weighted by molar-refractivity contribution is 4.70. The van der Waals surface area contributed by atoms with E-state index in [2.05, 4.69) is 16.6 Å². The Morgan fingerprint density at radius 2 is 2.07 bits per heavy atom. The predicted octanol–water partition coefficient (Wildman–Crippen LogP) is -0.181. The standard InChI is InChI=1S/C7H16N2O.C2H6.CH6N2/c8-3-1-5-10-7-2-4-9-6-7;1-2;1-3-2/h7,9H,1-6,8H2;1-2H3;3H,2H2,1H3. The first kappa shape index (κ1) is 17.2. The lowest BCUT2D eigenvalue weighted by molar-refractivity contribution is 0.0665. The highest BCUT2D eigenvalue weighted by Gasteiger charge is 2.13. The third-order valence-electron chi connectivity index (χ3n) is 1.72. The maximum absolute atomic E-state index is 5.50. The van der Waals surface area contributed by atoms with Crippen molar-refractivity contribution >= 4 is 0 Å². The summed E-state index contributed by atoms with van der Waals surface area (Å²) in [5, 5.41) is 3.24. The molecule has 1 atom stereocenters. The maximum atomic E-state index is 5.50. The van der Waals surface area contributed by atoms with Crippen molar-refractivity contribution in [2.24, 2.45) is 11.6 Å². The fourth-order valence-electron chi connectivity index (χ4n) is 1.10. The van der Waals surface area contributed by atoms with E-state index in [0.29, 0.717) is 6.10 Å². The van der Waals surface area contributed by atoms with E-state index < -0.39 is 0 Å². The van der Waals surface area contributed by atoms with Gasteiger partial charge in [0.1, 0.15) is 0 Å². The van der Waals surface area contributed by atoms with E-state index in [9.17, 15) is 0 Å². The molecule has 1 saturated heterocycles. The molecule has 1 aliphatic heterocycles. The molecular weight excluding hydrogens is 192 g/mol. The smallest absolute Gasteiger partial charge is 0.0711 e. The summed E-state index contributed by atoms with van der Waals surface area (Å²) in [4.78, 5) is 0. The molecule has 1 unspecified atom stereocenters. The zero-order valence-electron chi connectivity index (χ0n) is 10.4. The lowest BCUT2D eigenvalue weighted by atomic mass is 10.3. The summed E-state index contributed by atoms with van der Waals surface area (Å²) in [5.74, 6) is 4.60. The minimum absolute atomic E-state index is 0.451. The zero-order valence-corrected chi connectivity index (χ0v) is 10.4. The summed E-state index contributed by atoms with van der Waals surface area (Å²) in [6.07, 6.45) is 2.59. The highest BCUT2D eigenvalue weighted by Crippen LogP contribution is 2.02. The fraction of sp³-hybridized carbons (Fsp3) is 1.00. The van der Waals surface area contributed by atoms with Crippen molar-refractivity contribution in [1.82, 2.24) is 10.7 Å². The summed E-state index contributed by atoms with van der Waals surface area (Å²) in [6.45, 7) is 7.68. The summed E-state index contributed by atoms with van der Waals surface area (Å²) in [5.41, 5.74) is 7.57. The van der Waals surface area contributed by atoms with Crippen molar-refractivity contribution in [3.05, 3.63) is 0 Å². The average Bonchev–Trinajstić information content (AvgIpc) is 2.75. The van der Waals surface area contributed by atoms with Gasteiger partial charge < -0.3 is 15.8 Å². The number of hydrazine groups is 1. The van der Waals surface area contributed by atoms with Crippen LogP contribution in [-0.4, -0.2) is 39.4 Å². The van der Waals surface area contributed by atoms with Crippen molar-refractivity contribution in [3.8, 4) is 0 Å². The Bertz CT molecular complexity index is 97.4. The van der Waals surface area contributed by atoms with Gasteiger partial charge in [0.2, 0.25) is 0 Å². The lowest BCUT2D eigenvalue weighted by Crippen LogP contribution is -2.18. The average molecular weight is 220 g/mol. The van der Waals surface area contributed by atoms with E-state index in [4.69, 9.17) is 10.5 Å². The molecular formula is C10H28N4O. The Balaban J connectivity index is 0. The summed E-state index contributed by atoms with van der Waals surface area (Å²) < 4.78 is 5.50. The molecule has 6 N–H and O–H groups in total.